The van der Waals surface area contributed by atoms with E-state index in [0.29, 0.717) is 0 Å². The minimum atomic E-state index is 0.785. The maximum atomic E-state index is 4.85. The summed E-state index contributed by atoms with van der Waals surface area (Å²) < 4.78 is 0. The van der Waals surface area contributed by atoms with Gasteiger partial charge in [0.25, 0.3) is 0 Å². The topological polar surface area (TPSA) is 56.7 Å². The van der Waals surface area contributed by atoms with E-state index in [1.807, 2.05) is 30.7 Å². The lowest BCUT2D eigenvalue weighted by Gasteiger charge is -2.37. The summed E-state index contributed by atoms with van der Waals surface area (Å²) in [5.74, 6) is 2.07. The number of anilines is 1. The minimum absolute atomic E-state index is 0.785. The molecule has 0 aliphatic carbocycles. The van der Waals surface area contributed by atoms with Gasteiger partial charge in [-0.2, -0.15) is 0 Å². The van der Waals surface area contributed by atoms with E-state index in [9.17, 15) is 0 Å². The molecule has 0 unspecified atom stereocenters. The van der Waals surface area contributed by atoms with Crippen molar-refractivity contribution in [2.24, 2.45) is 4.99 Å². The number of hydrogen-bond acceptors (Lipinski definition) is 4. The second kappa shape index (κ2) is 9.17. The fourth-order valence-electron chi connectivity index (χ4n) is 3.18. The quantitative estimate of drug-likeness (QED) is 0.660. The molecular formula is C20H28N6. The number of hydrogen-bond donors (Lipinski definition) is 1. The molecule has 138 valence electrons. The number of aromatic nitrogens is 2. The summed E-state index contributed by atoms with van der Waals surface area (Å²) in [6.45, 7) is 9.73. The highest BCUT2D eigenvalue weighted by molar-refractivity contribution is 5.80. The molecule has 1 aliphatic rings. The highest BCUT2D eigenvalue weighted by Crippen LogP contribution is 2.13. The molecule has 0 bridgehead atoms. The van der Waals surface area contributed by atoms with Crippen LogP contribution in [0.3, 0.4) is 0 Å². The largest absolute Gasteiger partial charge is 0.357 e. The predicted octanol–water partition coefficient (Wildman–Crippen LogP) is 2.12. The SMILES string of the molecule is CCNC(=NCCc1ccncc1C)N1CCN(c2ccccn2)CC1. The first-order valence-corrected chi connectivity index (χ1v) is 9.36. The summed E-state index contributed by atoms with van der Waals surface area (Å²) >= 11 is 0. The van der Waals surface area contributed by atoms with Gasteiger partial charge in [0.1, 0.15) is 5.82 Å². The highest BCUT2D eigenvalue weighted by atomic mass is 15.4. The Morgan fingerprint density at radius 1 is 1.15 bits per heavy atom. The molecule has 2 aromatic heterocycles. The zero-order valence-electron chi connectivity index (χ0n) is 15.7. The third-order valence-electron chi connectivity index (χ3n) is 4.67. The Kier molecular flexibility index (Phi) is 6.41. The number of rotatable bonds is 5. The molecular weight excluding hydrogens is 324 g/mol. The van der Waals surface area contributed by atoms with Crippen LogP contribution in [0.4, 0.5) is 5.82 Å². The number of nitrogens with one attached hydrogen (secondary N) is 1. The number of pyridine rings is 2. The van der Waals surface area contributed by atoms with Gasteiger partial charge in [0.2, 0.25) is 0 Å². The van der Waals surface area contributed by atoms with Crippen molar-refractivity contribution in [2.45, 2.75) is 20.3 Å². The Hall–Kier alpha value is -2.63. The van der Waals surface area contributed by atoms with E-state index in [1.165, 1.54) is 11.1 Å². The maximum Gasteiger partial charge on any atom is 0.194 e. The van der Waals surface area contributed by atoms with Crippen LogP contribution in [0.5, 0.6) is 0 Å². The van der Waals surface area contributed by atoms with Gasteiger partial charge < -0.3 is 15.1 Å². The van der Waals surface area contributed by atoms with Crippen LogP contribution in [-0.4, -0.2) is 60.1 Å². The molecule has 1 N–H and O–H groups in total. The molecule has 1 fully saturated rings. The Morgan fingerprint density at radius 3 is 2.69 bits per heavy atom. The molecule has 1 saturated heterocycles. The molecule has 26 heavy (non-hydrogen) atoms. The Bertz CT molecular complexity index is 707. The van der Waals surface area contributed by atoms with Crippen LogP contribution < -0.4 is 10.2 Å². The van der Waals surface area contributed by atoms with E-state index in [0.717, 1.165) is 57.5 Å². The minimum Gasteiger partial charge on any atom is -0.357 e. The van der Waals surface area contributed by atoms with Crippen molar-refractivity contribution in [1.29, 1.82) is 0 Å². The summed E-state index contributed by atoms with van der Waals surface area (Å²) in [4.78, 5) is 18.1. The van der Waals surface area contributed by atoms with Crippen LogP contribution in [0.25, 0.3) is 0 Å². The standard InChI is InChI=1S/C20H28N6/c1-3-22-20(24-11-8-18-7-10-21-16-17(18)2)26-14-12-25(13-15-26)19-6-4-5-9-23-19/h4-7,9-10,16H,3,8,11-15H2,1-2H3,(H,22,24). The summed E-state index contributed by atoms with van der Waals surface area (Å²) in [6, 6.07) is 8.16. The second-order valence-corrected chi connectivity index (χ2v) is 6.45. The average Bonchev–Trinajstić information content (AvgIpc) is 2.69. The van der Waals surface area contributed by atoms with Crippen molar-refractivity contribution in [3.63, 3.8) is 0 Å². The molecule has 0 atom stereocenters. The van der Waals surface area contributed by atoms with Crippen molar-refractivity contribution in [3.05, 3.63) is 54.0 Å². The molecule has 1 aliphatic heterocycles. The van der Waals surface area contributed by atoms with Gasteiger partial charge in [-0.05, 0) is 49.6 Å². The molecule has 6 nitrogen and oxygen atoms in total. The van der Waals surface area contributed by atoms with E-state index in [-0.39, 0.29) is 0 Å². The number of nitrogens with zero attached hydrogens (tertiary/aromatic N) is 5. The van der Waals surface area contributed by atoms with Crippen LogP contribution in [0.15, 0.2) is 47.8 Å². The van der Waals surface area contributed by atoms with Crippen LogP contribution >= 0.6 is 0 Å². The first kappa shape index (κ1) is 18.2. The van der Waals surface area contributed by atoms with Crippen molar-refractivity contribution in [1.82, 2.24) is 20.2 Å². The molecule has 0 radical (unpaired) electrons. The van der Waals surface area contributed by atoms with Gasteiger partial charge in [-0.1, -0.05) is 6.07 Å². The van der Waals surface area contributed by atoms with Gasteiger partial charge in [0.05, 0.1) is 0 Å². The highest BCUT2D eigenvalue weighted by Gasteiger charge is 2.20. The van der Waals surface area contributed by atoms with Crippen molar-refractivity contribution >= 4 is 11.8 Å². The third-order valence-corrected chi connectivity index (χ3v) is 4.67. The molecule has 3 rings (SSSR count). The fourth-order valence-corrected chi connectivity index (χ4v) is 3.18. The first-order chi connectivity index (χ1) is 12.8. The van der Waals surface area contributed by atoms with E-state index in [4.69, 9.17) is 4.99 Å². The van der Waals surface area contributed by atoms with E-state index < -0.39 is 0 Å². The molecule has 3 heterocycles. The lowest BCUT2D eigenvalue weighted by Crippen LogP contribution is -2.52. The monoisotopic (exact) mass is 352 g/mol. The Labute approximate surface area is 156 Å². The number of piperazine rings is 1. The van der Waals surface area contributed by atoms with Crippen LogP contribution in [0.1, 0.15) is 18.1 Å². The van der Waals surface area contributed by atoms with E-state index >= 15 is 0 Å². The zero-order valence-corrected chi connectivity index (χ0v) is 15.7. The molecule has 0 aromatic carbocycles. The smallest absolute Gasteiger partial charge is 0.194 e. The summed E-state index contributed by atoms with van der Waals surface area (Å²) in [6.07, 6.45) is 6.57. The van der Waals surface area contributed by atoms with E-state index in [2.05, 4.69) is 51.1 Å². The number of aliphatic imine (C=N–C) groups is 1. The normalized spacial score (nSPS) is 15.2. The van der Waals surface area contributed by atoms with Gasteiger partial charge >= 0.3 is 0 Å². The van der Waals surface area contributed by atoms with E-state index in [1.54, 1.807) is 0 Å². The first-order valence-electron chi connectivity index (χ1n) is 9.36. The lowest BCUT2D eigenvalue weighted by molar-refractivity contribution is 0.371. The molecule has 0 spiro atoms. The predicted molar refractivity (Wildman–Crippen MR) is 107 cm³/mol. The van der Waals surface area contributed by atoms with Gasteiger partial charge in [-0.3, -0.25) is 9.98 Å². The second-order valence-electron chi connectivity index (χ2n) is 6.45. The van der Waals surface area contributed by atoms with Crippen molar-refractivity contribution < 1.29 is 0 Å². The summed E-state index contributed by atoms with van der Waals surface area (Å²) in [5.41, 5.74) is 2.55. The average molecular weight is 352 g/mol. The zero-order chi connectivity index (χ0) is 18.2. The molecule has 2 aromatic rings. The lowest BCUT2D eigenvalue weighted by atomic mass is 10.1. The van der Waals surface area contributed by atoms with Crippen molar-refractivity contribution in [3.8, 4) is 0 Å². The van der Waals surface area contributed by atoms with Crippen LogP contribution in [-0.2, 0) is 6.42 Å². The third kappa shape index (κ3) is 4.71. The van der Waals surface area contributed by atoms with Gasteiger partial charge in [-0.15, -0.1) is 0 Å². The molecule has 0 saturated carbocycles. The molecule has 0 amide bonds. The summed E-state index contributed by atoms with van der Waals surface area (Å²) in [7, 11) is 0. The molecule has 6 heteroatoms. The van der Waals surface area contributed by atoms with Crippen LogP contribution in [0.2, 0.25) is 0 Å². The summed E-state index contributed by atoms with van der Waals surface area (Å²) in [5, 5.41) is 3.44. The van der Waals surface area contributed by atoms with Gasteiger partial charge in [-0.25, -0.2) is 4.98 Å². The Balaban J connectivity index is 1.57. The van der Waals surface area contributed by atoms with Crippen molar-refractivity contribution in [2.75, 3.05) is 44.2 Å². The maximum absolute atomic E-state index is 4.85. The fraction of sp³-hybridized carbons (Fsp3) is 0.450. The number of aryl methyl sites for hydroxylation is 1. The van der Waals surface area contributed by atoms with Gasteiger partial charge in [0.15, 0.2) is 5.96 Å². The van der Waals surface area contributed by atoms with Gasteiger partial charge in [0, 0.05) is 57.9 Å². The van der Waals surface area contributed by atoms with Crippen LogP contribution in [0, 0.1) is 6.92 Å². The number of guanidine groups is 1. The Morgan fingerprint density at radius 2 is 2.00 bits per heavy atom.